The molecule has 1 aliphatic rings. The number of rotatable bonds is 1. The fourth-order valence-corrected chi connectivity index (χ4v) is 1.52. The highest BCUT2D eigenvalue weighted by Gasteiger charge is 2.61. The zero-order valence-electron chi connectivity index (χ0n) is 7.16. The lowest BCUT2D eigenvalue weighted by molar-refractivity contribution is -0.139. The molecule has 0 saturated heterocycles. The van der Waals surface area contributed by atoms with E-state index < -0.39 is 5.97 Å². The largest absolute Gasteiger partial charge is 0.481 e. The fraction of sp³-hybridized carbons (Fsp3) is 0.667. The molecule has 1 aliphatic carbocycles. The first-order valence-corrected chi connectivity index (χ1v) is 3.84. The van der Waals surface area contributed by atoms with Crippen LogP contribution < -0.4 is 0 Å². The summed E-state index contributed by atoms with van der Waals surface area (Å²) in [5.74, 6) is 3.99. The summed E-state index contributed by atoms with van der Waals surface area (Å²) in [6.45, 7) is 3.56. The van der Waals surface area contributed by atoms with E-state index in [0.717, 1.165) is 0 Å². The van der Waals surface area contributed by atoms with Gasteiger partial charge in [0, 0.05) is 5.92 Å². The lowest BCUT2D eigenvalue weighted by Gasteiger charge is -1.94. The van der Waals surface area contributed by atoms with Crippen LogP contribution in [0.25, 0.3) is 0 Å². The van der Waals surface area contributed by atoms with Crippen LogP contribution in [-0.4, -0.2) is 22.8 Å². The molecule has 0 radical (unpaired) electrons. The number of hydrogen-bond acceptors (Lipinski definition) is 2. The first-order valence-electron chi connectivity index (χ1n) is 3.84. The van der Waals surface area contributed by atoms with Gasteiger partial charge >= 0.3 is 5.97 Å². The van der Waals surface area contributed by atoms with E-state index in [-0.39, 0.29) is 23.9 Å². The van der Waals surface area contributed by atoms with E-state index in [9.17, 15) is 4.79 Å². The maximum atomic E-state index is 10.6. The Balaban J connectivity index is 2.66. The standard InChI is InChI=1S/C9H12O3/c1-9(2)6(4-3-5-10)7(9)8(11)12/h6-7,10H,5H2,1-2H3,(H,11,12). The third-order valence-electron chi connectivity index (χ3n) is 2.43. The second-order valence-electron chi connectivity index (χ2n) is 3.59. The van der Waals surface area contributed by atoms with Gasteiger partial charge in [-0.3, -0.25) is 4.79 Å². The van der Waals surface area contributed by atoms with Gasteiger partial charge in [0.2, 0.25) is 0 Å². The number of hydrogen-bond donors (Lipinski definition) is 2. The Kier molecular flexibility index (Phi) is 2.12. The van der Waals surface area contributed by atoms with E-state index >= 15 is 0 Å². The quantitative estimate of drug-likeness (QED) is 0.555. The van der Waals surface area contributed by atoms with E-state index in [4.69, 9.17) is 10.2 Å². The van der Waals surface area contributed by atoms with Crippen molar-refractivity contribution in [1.29, 1.82) is 0 Å². The average molecular weight is 168 g/mol. The van der Waals surface area contributed by atoms with Crippen molar-refractivity contribution in [3.05, 3.63) is 0 Å². The highest BCUT2D eigenvalue weighted by atomic mass is 16.4. The number of carboxylic acid groups (broad SMARTS) is 1. The van der Waals surface area contributed by atoms with Gasteiger partial charge < -0.3 is 10.2 Å². The minimum Gasteiger partial charge on any atom is -0.481 e. The van der Waals surface area contributed by atoms with Crippen LogP contribution in [0.3, 0.4) is 0 Å². The molecule has 1 fully saturated rings. The van der Waals surface area contributed by atoms with Gasteiger partial charge in [0.1, 0.15) is 6.61 Å². The van der Waals surface area contributed by atoms with Gasteiger partial charge in [0.15, 0.2) is 0 Å². The van der Waals surface area contributed by atoms with Crippen LogP contribution in [0.5, 0.6) is 0 Å². The summed E-state index contributed by atoms with van der Waals surface area (Å²) in [4.78, 5) is 10.6. The van der Waals surface area contributed by atoms with E-state index in [2.05, 4.69) is 11.8 Å². The van der Waals surface area contributed by atoms with Gasteiger partial charge in [-0.05, 0) is 5.41 Å². The lowest BCUT2D eigenvalue weighted by atomic mass is 10.1. The Hall–Kier alpha value is -1.01. The highest BCUT2D eigenvalue weighted by molar-refractivity contribution is 5.76. The Morgan fingerprint density at radius 2 is 2.17 bits per heavy atom. The van der Waals surface area contributed by atoms with Gasteiger partial charge in [-0.25, -0.2) is 0 Å². The Labute approximate surface area is 71.4 Å². The summed E-state index contributed by atoms with van der Waals surface area (Å²) in [7, 11) is 0. The summed E-state index contributed by atoms with van der Waals surface area (Å²) in [5.41, 5.74) is -0.228. The molecule has 66 valence electrons. The summed E-state index contributed by atoms with van der Waals surface area (Å²) in [5, 5.41) is 17.1. The van der Waals surface area contributed by atoms with Crippen molar-refractivity contribution in [3.63, 3.8) is 0 Å². The lowest BCUT2D eigenvalue weighted by Crippen LogP contribution is -2.03. The molecule has 0 aromatic heterocycles. The van der Waals surface area contributed by atoms with Crippen LogP contribution in [0.4, 0.5) is 0 Å². The fourth-order valence-electron chi connectivity index (χ4n) is 1.52. The van der Waals surface area contributed by atoms with Crippen molar-refractivity contribution in [2.24, 2.45) is 17.3 Å². The van der Waals surface area contributed by atoms with Gasteiger partial charge in [0.05, 0.1) is 5.92 Å². The molecule has 0 aliphatic heterocycles. The number of aliphatic carboxylic acids is 1. The molecule has 0 heterocycles. The van der Waals surface area contributed by atoms with Crippen molar-refractivity contribution in [2.75, 3.05) is 6.61 Å². The molecule has 0 amide bonds. The first-order chi connectivity index (χ1) is 5.51. The number of aliphatic hydroxyl groups excluding tert-OH is 1. The monoisotopic (exact) mass is 168 g/mol. The number of carbonyl (C=O) groups is 1. The summed E-state index contributed by atoms with van der Waals surface area (Å²) in [6.07, 6.45) is 0. The number of carboxylic acids is 1. The van der Waals surface area contributed by atoms with Crippen molar-refractivity contribution in [3.8, 4) is 11.8 Å². The minimum atomic E-state index is -0.794. The molecule has 1 saturated carbocycles. The zero-order chi connectivity index (χ0) is 9.35. The SMILES string of the molecule is CC1(C)C(C#CCO)C1C(=O)O. The second-order valence-corrected chi connectivity index (χ2v) is 3.59. The van der Waals surface area contributed by atoms with Crippen molar-refractivity contribution in [1.82, 2.24) is 0 Å². The third kappa shape index (κ3) is 1.30. The topological polar surface area (TPSA) is 57.5 Å². The molecule has 0 bridgehead atoms. The summed E-state index contributed by atoms with van der Waals surface area (Å²) < 4.78 is 0. The number of aliphatic hydroxyl groups is 1. The van der Waals surface area contributed by atoms with Gasteiger partial charge in [0.25, 0.3) is 0 Å². The molecule has 0 aromatic rings. The molecular formula is C9H12O3. The highest BCUT2D eigenvalue weighted by Crippen LogP contribution is 2.57. The van der Waals surface area contributed by atoms with E-state index in [1.165, 1.54) is 0 Å². The van der Waals surface area contributed by atoms with Crippen LogP contribution in [-0.2, 0) is 4.79 Å². The summed E-state index contributed by atoms with van der Waals surface area (Å²) in [6, 6.07) is 0. The van der Waals surface area contributed by atoms with Crippen LogP contribution in [0.1, 0.15) is 13.8 Å². The van der Waals surface area contributed by atoms with E-state index in [0.29, 0.717) is 0 Å². The molecule has 1 rings (SSSR count). The Morgan fingerprint density at radius 3 is 2.50 bits per heavy atom. The molecule has 2 N–H and O–H groups in total. The van der Waals surface area contributed by atoms with Crippen molar-refractivity contribution < 1.29 is 15.0 Å². The van der Waals surface area contributed by atoms with Gasteiger partial charge in [-0.2, -0.15) is 0 Å². The maximum absolute atomic E-state index is 10.6. The molecule has 2 atom stereocenters. The smallest absolute Gasteiger partial charge is 0.308 e. The summed E-state index contributed by atoms with van der Waals surface area (Å²) >= 11 is 0. The van der Waals surface area contributed by atoms with Crippen molar-refractivity contribution >= 4 is 5.97 Å². The average Bonchev–Trinajstić information content (AvgIpc) is 2.49. The van der Waals surface area contributed by atoms with Crippen LogP contribution >= 0.6 is 0 Å². The van der Waals surface area contributed by atoms with Crippen LogP contribution in [0.15, 0.2) is 0 Å². The molecule has 2 unspecified atom stereocenters. The predicted molar refractivity (Wildman–Crippen MR) is 43.3 cm³/mol. The van der Waals surface area contributed by atoms with Crippen LogP contribution in [0.2, 0.25) is 0 Å². The first kappa shape index (κ1) is 9.08. The third-order valence-corrected chi connectivity index (χ3v) is 2.43. The zero-order valence-corrected chi connectivity index (χ0v) is 7.16. The molecule has 0 aromatic carbocycles. The molecule has 0 spiro atoms. The molecular weight excluding hydrogens is 156 g/mol. The minimum absolute atomic E-state index is 0.0952. The normalized spacial score (nSPS) is 30.2. The van der Waals surface area contributed by atoms with Gasteiger partial charge in [-0.15, -0.1) is 0 Å². The second kappa shape index (κ2) is 2.80. The maximum Gasteiger partial charge on any atom is 0.308 e. The van der Waals surface area contributed by atoms with E-state index in [1.54, 1.807) is 0 Å². The molecule has 12 heavy (non-hydrogen) atoms. The Bertz CT molecular complexity index is 257. The van der Waals surface area contributed by atoms with Crippen molar-refractivity contribution in [2.45, 2.75) is 13.8 Å². The van der Waals surface area contributed by atoms with Crippen LogP contribution in [0, 0.1) is 29.1 Å². The predicted octanol–water partition coefficient (Wildman–Crippen LogP) is 0.339. The molecule has 3 nitrogen and oxygen atoms in total. The van der Waals surface area contributed by atoms with Gasteiger partial charge in [-0.1, -0.05) is 25.7 Å². The van der Waals surface area contributed by atoms with E-state index in [1.807, 2.05) is 13.8 Å². The molecule has 3 heteroatoms. The Morgan fingerprint density at radius 1 is 1.58 bits per heavy atom.